The van der Waals surface area contributed by atoms with E-state index in [-0.39, 0.29) is 24.1 Å². The summed E-state index contributed by atoms with van der Waals surface area (Å²) >= 11 is 0. The van der Waals surface area contributed by atoms with Gasteiger partial charge in [0.25, 0.3) is 11.9 Å². The van der Waals surface area contributed by atoms with Gasteiger partial charge >= 0.3 is 0 Å². The summed E-state index contributed by atoms with van der Waals surface area (Å²) in [5.41, 5.74) is 8.23. The first-order valence-corrected chi connectivity index (χ1v) is 9.41. The van der Waals surface area contributed by atoms with Crippen LogP contribution in [0.25, 0.3) is 0 Å². The molecule has 0 fully saturated rings. The molecule has 0 saturated carbocycles. The van der Waals surface area contributed by atoms with Crippen molar-refractivity contribution in [3.05, 3.63) is 69.9 Å². The second kappa shape index (κ2) is 13.5. The van der Waals surface area contributed by atoms with Crippen LogP contribution in [0.5, 0.6) is 0 Å². The van der Waals surface area contributed by atoms with Crippen LogP contribution in [0.2, 0.25) is 0 Å². The lowest BCUT2D eigenvalue weighted by atomic mass is 10.1. The maximum absolute atomic E-state index is 12.2. The maximum Gasteiger partial charge on any atom is 0.254 e. The summed E-state index contributed by atoms with van der Waals surface area (Å²) in [6, 6.07) is 9.72. The molecule has 1 aromatic rings. The van der Waals surface area contributed by atoms with Crippen molar-refractivity contribution in [2.45, 2.75) is 32.4 Å². The standard InChI is InChI=1S/C20H28N6O4/c1-16(8-6-12-22-20(21)24-26(29)30)23-19(28)18(15-27)11-7-13-25(2)14-17-9-4-3-5-10-17/h3-5,7,9-11,13,15-16H,6,8,12,14H2,1-2H3,(H,23,28)(H3,21,22,24)/b13-7-,18-11+. The second-order valence-corrected chi connectivity index (χ2v) is 6.63. The Bertz CT molecular complexity index is 792. The van der Waals surface area contributed by atoms with Gasteiger partial charge in [0.2, 0.25) is 0 Å². The van der Waals surface area contributed by atoms with Crippen LogP contribution in [-0.4, -0.2) is 47.7 Å². The number of rotatable bonds is 12. The van der Waals surface area contributed by atoms with Gasteiger partial charge in [-0.3, -0.25) is 9.59 Å². The number of hydrogen-bond donors (Lipinski definition) is 3. The lowest BCUT2D eigenvalue weighted by Gasteiger charge is -2.14. The van der Waals surface area contributed by atoms with E-state index >= 15 is 0 Å². The lowest BCUT2D eigenvalue weighted by Crippen LogP contribution is -2.36. The number of hydrazine groups is 1. The van der Waals surface area contributed by atoms with Gasteiger partial charge in [-0.15, -0.1) is 0 Å². The molecule has 0 bridgehead atoms. The highest BCUT2D eigenvalue weighted by Gasteiger charge is 2.11. The van der Waals surface area contributed by atoms with Crippen molar-refractivity contribution >= 4 is 18.2 Å². The summed E-state index contributed by atoms with van der Waals surface area (Å²) < 4.78 is 0. The van der Waals surface area contributed by atoms with Crippen LogP contribution in [0, 0.1) is 10.1 Å². The third-order valence-corrected chi connectivity index (χ3v) is 3.94. The number of amides is 1. The number of nitro groups is 1. The van der Waals surface area contributed by atoms with Crippen LogP contribution in [0.3, 0.4) is 0 Å². The fourth-order valence-corrected chi connectivity index (χ4v) is 2.49. The zero-order valence-corrected chi connectivity index (χ0v) is 17.2. The number of hydrogen-bond acceptors (Lipinski definition) is 6. The van der Waals surface area contributed by atoms with Crippen LogP contribution in [0.15, 0.2) is 59.2 Å². The van der Waals surface area contributed by atoms with Crippen molar-refractivity contribution in [1.29, 1.82) is 0 Å². The first kappa shape index (κ1) is 24.3. The number of benzene rings is 1. The molecule has 0 radical (unpaired) electrons. The minimum atomic E-state index is -0.789. The van der Waals surface area contributed by atoms with Gasteiger partial charge in [-0.2, -0.15) is 0 Å². The van der Waals surface area contributed by atoms with E-state index in [1.165, 1.54) is 6.08 Å². The molecular formula is C20H28N6O4. The Balaban J connectivity index is 2.45. The van der Waals surface area contributed by atoms with Gasteiger partial charge in [0, 0.05) is 26.2 Å². The summed E-state index contributed by atoms with van der Waals surface area (Å²) in [6.45, 7) is 2.78. The number of allylic oxidation sites excluding steroid dienone is 2. The molecule has 1 unspecified atom stereocenters. The third-order valence-electron chi connectivity index (χ3n) is 3.94. The Labute approximate surface area is 175 Å². The van der Waals surface area contributed by atoms with E-state index in [1.54, 1.807) is 24.6 Å². The fourth-order valence-electron chi connectivity index (χ4n) is 2.49. The van der Waals surface area contributed by atoms with Gasteiger partial charge in [0.15, 0.2) is 11.3 Å². The Hall–Kier alpha value is -3.69. The molecule has 0 aliphatic heterocycles. The van der Waals surface area contributed by atoms with E-state index in [0.29, 0.717) is 25.7 Å². The zero-order valence-electron chi connectivity index (χ0n) is 17.2. The fraction of sp³-hybridized carbons (Fsp3) is 0.350. The number of nitrogens with one attached hydrogen (secondary N) is 2. The number of nitrogens with zero attached hydrogens (tertiary/aromatic N) is 3. The Morgan fingerprint density at radius 2 is 2.07 bits per heavy atom. The lowest BCUT2D eigenvalue weighted by molar-refractivity contribution is -0.525. The number of aliphatic imine (C=N–C) groups is 1. The minimum absolute atomic E-state index is 0.0173. The largest absolute Gasteiger partial charge is 0.376 e. The molecule has 0 heterocycles. The second-order valence-electron chi connectivity index (χ2n) is 6.63. The topological polar surface area (TPSA) is 143 Å². The molecule has 1 amide bonds. The molecule has 162 valence electrons. The number of carbonyl (C=O) groups is 2. The highest BCUT2D eigenvalue weighted by atomic mass is 16.7. The molecule has 10 heteroatoms. The molecule has 1 rings (SSSR count). The molecule has 0 saturated heterocycles. The molecule has 30 heavy (non-hydrogen) atoms. The zero-order chi connectivity index (χ0) is 22.4. The van der Waals surface area contributed by atoms with Gasteiger partial charge in [0.05, 0.1) is 5.57 Å². The number of nitrogens with two attached hydrogens (primary N) is 1. The Kier molecular flexibility index (Phi) is 10.9. The minimum Gasteiger partial charge on any atom is -0.376 e. The predicted octanol–water partition coefficient (Wildman–Crippen LogP) is 1.14. The monoisotopic (exact) mass is 416 g/mol. The van der Waals surface area contributed by atoms with Crippen molar-refractivity contribution in [3.63, 3.8) is 0 Å². The summed E-state index contributed by atoms with van der Waals surface area (Å²) in [7, 11) is 1.90. The summed E-state index contributed by atoms with van der Waals surface area (Å²) in [5.74, 6) is -0.738. The highest BCUT2D eigenvalue weighted by Crippen LogP contribution is 2.04. The van der Waals surface area contributed by atoms with Crippen molar-refractivity contribution in [2.24, 2.45) is 10.7 Å². The molecule has 0 spiro atoms. The molecule has 0 aliphatic carbocycles. The molecule has 1 aromatic carbocycles. The Morgan fingerprint density at radius 3 is 2.70 bits per heavy atom. The quantitative estimate of drug-likeness (QED) is 0.0443. The van der Waals surface area contributed by atoms with Gasteiger partial charge in [-0.05, 0) is 43.7 Å². The van der Waals surface area contributed by atoms with Crippen molar-refractivity contribution in [3.8, 4) is 0 Å². The van der Waals surface area contributed by atoms with Crippen LogP contribution in [-0.2, 0) is 16.1 Å². The van der Waals surface area contributed by atoms with Crippen LogP contribution >= 0.6 is 0 Å². The first-order chi connectivity index (χ1) is 14.3. The van der Waals surface area contributed by atoms with Crippen LogP contribution in [0.4, 0.5) is 0 Å². The van der Waals surface area contributed by atoms with E-state index in [1.807, 2.05) is 42.3 Å². The van der Waals surface area contributed by atoms with Crippen molar-refractivity contribution in [1.82, 2.24) is 15.6 Å². The number of carbonyl (C=O) groups excluding carboxylic acids is 2. The molecule has 0 aromatic heterocycles. The SMILES string of the molecule is CC(CCCN=C(N)N[N+](=O)[O-])NC(=O)/C(C=O)=C/C=C\N(C)Cc1ccccc1. The molecule has 1 atom stereocenters. The first-order valence-electron chi connectivity index (χ1n) is 9.41. The van der Waals surface area contributed by atoms with E-state index < -0.39 is 10.9 Å². The summed E-state index contributed by atoms with van der Waals surface area (Å²) in [5, 5.41) is 12.2. The average Bonchev–Trinajstić information content (AvgIpc) is 2.68. The third kappa shape index (κ3) is 10.6. The Morgan fingerprint density at radius 1 is 1.37 bits per heavy atom. The average molecular weight is 416 g/mol. The van der Waals surface area contributed by atoms with Gasteiger partial charge in [-0.25, -0.2) is 15.1 Å². The molecule has 10 nitrogen and oxygen atoms in total. The maximum atomic E-state index is 12.2. The van der Waals surface area contributed by atoms with Crippen LogP contribution in [0.1, 0.15) is 25.3 Å². The van der Waals surface area contributed by atoms with E-state index in [9.17, 15) is 19.7 Å². The molecular weight excluding hydrogens is 388 g/mol. The van der Waals surface area contributed by atoms with Crippen molar-refractivity contribution in [2.75, 3.05) is 13.6 Å². The van der Waals surface area contributed by atoms with Gasteiger partial charge in [0.1, 0.15) is 0 Å². The number of guanidine groups is 1. The summed E-state index contributed by atoms with van der Waals surface area (Å²) in [4.78, 5) is 39.4. The number of aldehydes is 1. The van der Waals surface area contributed by atoms with Crippen LogP contribution < -0.4 is 16.5 Å². The smallest absolute Gasteiger partial charge is 0.254 e. The van der Waals surface area contributed by atoms with E-state index in [2.05, 4.69) is 10.3 Å². The molecule has 0 aliphatic rings. The molecule has 4 N–H and O–H groups in total. The van der Waals surface area contributed by atoms with E-state index in [0.717, 1.165) is 5.56 Å². The van der Waals surface area contributed by atoms with Gasteiger partial charge < -0.3 is 16.0 Å². The normalized spacial score (nSPS) is 13.0. The van der Waals surface area contributed by atoms with Crippen molar-refractivity contribution < 1.29 is 14.6 Å². The van der Waals surface area contributed by atoms with Gasteiger partial charge in [-0.1, -0.05) is 35.8 Å². The summed E-state index contributed by atoms with van der Waals surface area (Å²) in [6.07, 6.45) is 6.54. The highest BCUT2D eigenvalue weighted by molar-refractivity contribution is 6.10. The predicted molar refractivity (Wildman–Crippen MR) is 115 cm³/mol. The van der Waals surface area contributed by atoms with E-state index in [4.69, 9.17) is 5.73 Å².